The van der Waals surface area contributed by atoms with Gasteiger partial charge in [-0.25, -0.2) is 0 Å². The van der Waals surface area contributed by atoms with Crippen LogP contribution in [-0.2, 0) is 6.54 Å². The van der Waals surface area contributed by atoms with Gasteiger partial charge in [0, 0.05) is 30.0 Å². The van der Waals surface area contributed by atoms with Gasteiger partial charge in [-0.2, -0.15) is 0 Å². The van der Waals surface area contributed by atoms with E-state index in [1.807, 2.05) is 36.7 Å². The van der Waals surface area contributed by atoms with Gasteiger partial charge >= 0.3 is 0 Å². The first-order chi connectivity index (χ1) is 8.66. The van der Waals surface area contributed by atoms with E-state index in [1.165, 1.54) is 16.7 Å². The summed E-state index contributed by atoms with van der Waals surface area (Å²) in [5, 5.41) is 4.26. The van der Waals surface area contributed by atoms with Gasteiger partial charge in [-0.1, -0.05) is 23.7 Å². The average molecular weight is 261 g/mol. The first kappa shape index (κ1) is 13.1. The molecule has 0 fully saturated rings. The summed E-state index contributed by atoms with van der Waals surface area (Å²) in [4.78, 5) is 4.15. The van der Waals surface area contributed by atoms with E-state index in [-0.39, 0.29) is 6.04 Å². The summed E-state index contributed by atoms with van der Waals surface area (Å²) in [6.45, 7) is 5.05. The lowest BCUT2D eigenvalue weighted by Crippen LogP contribution is -2.18. The number of hydrogen-bond donors (Lipinski definition) is 1. The maximum Gasteiger partial charge on any atom is 0.0409 e. The molecule has 18 heavy (non-hydrogen) atoms. The van der Waals surface area contributed by atoms with Crippen LogP contribution in [0.4, 0.5) is 0 Å². The van der Waals surface area contributed by atoms with Crippen molar-refractivity contribution in [3.8, 4) is 0 Å². The highest BCUT2D eigenvalue weighted by atomic mass is 35.5. The van der Waals surface area contributed by atoms with Gasteiger partial charge in [0.05, 0.1) is 0 Å². The third kappa shape index (κ3) is 3.31. The quantitative estimate of drug-likeness (QED) is 0.902. The Morgan fingerprint density at radius 1 is 1.33 bits per heavy atom. The minimum Gasteiger partial charge on any atom is -0.306 e. The zero-order valence-corrected chi connectivity index (χ0v) is 11.4. The van der Waals surface area contributed by atoms with Gasteiger partial charge in [-0.3, -0.25) is 4.98 Å². The summed E-state index contributed by atoms with van der Waals surface area (Å²) in [5.74, 6) is 0. The van der Waals surface area contributed by atoms with Crippen molar-refractivity contribution >= 4 is 11.6 Å². The minimum absolute atomic E-state index is 0.267. The average Bonchev–Trinajstić information content (AvgIpc) is 2.37. The van der Waals surface area contributed by atoms with Crippen LogP contribution in [0.3, 0.4) is 0 Å². The predicted octanol–water partition coefficient (Wildman–Crippen LogP) is 3.89. The molecule has 0 aliphatic heterocycles. The number of aryl methyl sites for hydroxylation is 1. The van der Waals surface area contributed by atoms with Gasteiger partial charge in [0.1, 0.15) is 0 Å². The second-order valence-electron chi connectivity index (χ2n) is 4.46. The maximum absolute atomic E-state index is 5.99. The molecular weight excluding hydrogens is 244 g/mol. The van der Waals surface area contributed by atoms with Crippen molar-refractivity contribution < 1.29 is 0 Å². The molecular formula is C15H17ClN2. The lowest BCUT2D eigenvalue weighted by atomic mass is 10.1. The molecule has 2 rings (SSSR count). The molecule has 0 saturated carbocycles. The Morgan fingerprint density at radius 2 is 2.17 bits per heavy atom. The molecule has 1 atom stereocenters. The molecule has 0 aliphatic rings. The number of nitrogens with one attached hydrogen (secondary N) is 1. The molecule has 2 nitrogen and oxygen atoms in total. The van der Waals surface area contributed by atoms with Crippen molar-refractivity contribution in [1.29, 1.82) is 0 Å². The van der Waals surface area contributed by atoms with Crippen LogP contribution < -0.4 is 5.32 Å². The molecule has 1 N–H and O–H groups in total. The normalized spacial score (nSPS) is 12.4. The topological polar surface area (TPSA) is 24.9 Å². The van der Waals surface area contributed by atoms with E-state index in [2.05, 4.69) is 30.2 Å². The van der Waals surface area contributed by atoms with Gasteiger partial charge in [0.25, 0.3) is 0 Å². The monoisotopic (exact) mass is 260 g/mol. The fourth-order valence-electron chi connectivity index (χ4n) is 1.84. The lowest BCUT2D eigenvalue weighted by molar-refractivity contribution is 0.572. The standard InChI is InChI=1S/C15H17ClN2/c1-11-6-7-17-9-14(11)10-18-12(2)13-4-3-5-15(16)8-13/h3-9,12,18H,10H2,1-2H3/t12-/m0/s1. The molecule has 0 unspecified atom stereocenters. The highest BCUT2D eigenvalue weighted by Gasteiger charge is 2.06. The van der Waals surface area contributed by atoms with Gasteiger partial charge < -0.3 is 5.32 Å². The van der Waals surface area contributed by atoms with Crippen molar-refractivity contribution in [3.63, 3.8) is 0 Å². The van der Waals surface area contributed by atoms with E-state index in [0.29, 0.717) is 0 Å². The van der Waals surface area contributed by atoms with E-state index in [4.69, 9.17) is 11.6 Å². The molecule has 1 aromatic heterocycles. The third-order valence-corrected chi connectivity index (χ3v) is 3.33. The van der Waals surface area contributed by atoms with E-state index < -0.39 is 0 Å². The minimum atomic E-state index is 0.267. The smallest absolute Gasteiger partial charge is 0.0409 e. The molecule has 0 aliphatic carbocycles. The summed E-state index contributed by atoms with van der Waals surface area (Å²) < 4.78 is 0. The number of rotatable bonds is 4. The lowest BCUT2D eigenvalue weighted by Gasteiger charge is -2.15. The summed E-state index contributed by atoms with van der Waals surface area (Å²) in [6.07, 6.45) is 3.73. The second-order valence-corrected chi connectivity index (χ2v) is 4.90. The van der Waals surface area contributed by atoms with Crippen LogP contribution in [0.2, 0.25) is 5.02 Å². The van der Waals surface area contributed by atoms with Crippen molar-refractivity contribution in [2.24, 2.45) is 0 Å². The Morgan fingerprint density at radius 3 is 2.89 bits per heavy atom. The highest BCUT2D eigenvalue weighted by Crippen LogP contribution is 2.18. The largest absolute Gasteiger partial charge is 0.306 e. The van der Waals surface area contributed by atoms with Gasteiger partial charge in [0.15, 0.2) is 0 Å². The van der Waals surface area contributed by atoms with E-state index in [0.717, 1.165) is 11.6 Å². The maximum atomic E-state index is 5.99. The first-order valence-electron chi connectivity index (χ1n) is 6.05. The van der Waals surface area contributed by atoms with E-state index >= 15 is 0 Å². The fraction of sp³-hybridized carbons (Fsp3) is 0.267. The summed E-state index contributed by atoms with van der Waals surface area (Å²) in [6, 6.07) is 10.2. The molecule has 0 bridgehead atoms. The zero-order chi connectivity index (χ0) is 13.0. The van der Waals surface area contributed by atoms with Crippen molar-refractivity contribution in [2.45, 2.75) is 26.4 Å². The van der Waals surface area contributed by atoms with Crippen LogP contribution in [0.25, 0.3) is 0 Å². The van der Waals surface area contributed by atoms with Crippen molar-refractivity contribution in [3.05, 3.63) is 64.4 Å². The summed E-state index contributed by atoms with van der Waals surface area (Å²) >= 11 is 5.99. The van der Waals surface area contributed by atoms with Crippen molar-refractivity contribution in [2.75, 3.05) is 0 Å². The highest BCUT2D eigenvalue weighted by molar-refractivity contribution is 6.30. The third-order valence-electron chi connectivity index (χ3n) is 3.09. The SMILES string of the molecule is Cc1ccncc1CN[C@@H](C)c1cccc(Cl)c1. The van der Waals surface area contributed by atoms with E-state index in [9.17, 15) is 0 Å². The fourth-order valence-corrected chi connectivity index (χ4v) is 2.04. The number of benzene rings is 1. The molecule has 0 saturated heterocycles. The first-order valence-corrected chi connectivity index (χ1v) is 6.43. The summed E-state index contributed by atoms with van der Waals surface area (Å²) in [7, 11) is 0. The Bertz CT molecular complexity index is 525. The Labute approximate surface area is 113 Å². The number of aromatic nitrogens is 1. The Hall–Kier alpha value is -1.38. The molecule has 2 aromatic rings. The number of nitrogens with zero attached hydrogens (tertiary/aromatic N) is 1. The van der Waals surface area contributed by atoms with Crippen LogP contribution in [0.5, 0.6) is 0 Å². The number of pyridine rings is 1. The van der Waals surface area contributed by atoms with E-state index in [1.54, 1.807) is 0 Å². The Balaban J connectivity index is 2.00. The van der Waals surface area contributed by atoms with Crippen LogP contribution in [0.1, 0.15) is 29.7 Å². The second kappa shape index (κ2) is 5.98. The molecule has 0 radical (unpaired) electrons. The molecule has 0 spiro atoms. The van der Waals surface area contributed by atoms with Crippen LogP contribution in [0.15, 0.2) is 42.7 Å². The molecule has 1 aromatic carbocycles. The van der Waals surface area contributed by atoms with Crippen LogP contribution in [0, 0.1) is 6.92 Å². The van der Waals surface area contributed by atoms with Crippen molar-refractivity contribution in [1.82, 2.24) is 10.3 Å². The van der Waals surface area contributed by atoms with Gasteiger partial charge in [-0.05, 0) is 48.7 Å². The molecule has 0 amide bonds. The molecule has 3 heteroatoms. The Kier molecular flexibility index (Phi) is 4.34. The molecule has 1 heterocycles. The van der Waals surface area contributed by atoms with Gasteiger partial charge in [0.2, 0.25) is 0 Å². The predicted molar refractivity (Wildman–Crippen MR) is 75.7 cm³/mol. The van der Waals surface area contributed by atoms with Crippen LogP contribution >= 0.6 is 11.6 Å². The van der Waals surface area contributed by atoms with Crippen LogP contribution in [-0.4, -0.2) is 4.98 Å². The number of hydrogen-bond acceptors (Lipinski definition) is 2. The zero-order valence-electron chi connectivity index (χ0n) is 10.7. The van der Waals surface area contributed by atoms with Gasteiger partial charge in [-0.15, -0.1) is 0 Å². The molecule has 94 valence electrons. The summed E-state index contributed by atoms with van der Waals surface area (Å²) in [5.41, 5.74) is 3.69. The number of halogens is 1.